The molecule has 3 heterocycles. The van der Waals surface area contributed by atoms with E-state index in [0.717, 1.165) is 29.2 Å². The Bertz CT molecular complexity index is 890. The van der Waals surface area contributed by atoms with E-state index < -0.39 is 5.60 Å². The van der Waals surface area contributed by atoms with Crippen molar-refractivity contribution >= 4 is 11.9 Å². The molecule has 1 amide bonds. The molecular formula is C22H27N5O2. The lowest BCUT2D eigenvalue weighted by Crippen LogP contribution is -2.37. The number of hydrogen-bond donors (Lipinski definition) is 1. The van der Waals surface area contributed by atoms with E-state index in [2.05, 4.69) is 15.3 Å². The molecule has 2 aromatic rings. The van der Waals surface area contributed by atoms with Crippen molar-refractivity contribution in [3.05, 3.63) is 48.3 Å². The predicted octanol–water partition coefficient (Wildman–Crippen LogP) is 3.44. The molecule has 1 aromatic carbocycles. The topological polar surface area (TPSA) is 79.7 Å². The summed E-state index contributed by atoms with van der Waals surface area (Å²) in [5, 5.41) is 3.51. The van der Waals surface area contributed by atoms with Crippen LogP contribution in [0.5, 0.6) is 0 Å². The zero-order valence-corrected chi connectivity index (χ0v) is 17.1. The summed E-state index contributed by atoms with van der Waals surface area (Å²) in [6.07, 6.45) is 4.38. The second-order valence-electron chi connectivity index (χ2n) is 8.54. The van der Waals surface area contributed by atoms with Gasteiger partial charge in [-0.15, -0.1) is 0 Å². The Hall–Kier alpha value is -2.96. The fourth-order valence-electron chi connectivity index (χ4n) is 3.63. The lowest BCUT2D eigenvalue weighted by atomic mass is 10.1. The molecule has 7 nitrogen and oxygen atoms in total. The number of nitrogens with zero attached hydrogens (tertiary/aromatic N) is 4. The minimum Gasteiger partial charge on any atom is -0.444 e. The first-order chi connectivity index (χ1) is 13.9. The van der Waals surface area contributed by atoms with Gasteiger partial charge in [0.25, 0.3) is 0 Å². The SMILES string of the molecule is CC(C)(C)OC(=O)N1CCC(C2=NCC(c3cnc(-c4ccccc4)nc3)N2)C1. The van der Waals surface area contributed by atoms with Crippen LogP contribution in [0.1, 0.15) is 38.8 Å². The van der Waals surface area contributed by atoms with E-state index in [0.29, 0.717) is 19.6 Å². The van der Waals surface area contributed by atoms with Gasteiger partial charge in [0.1, 0.15) is 11.4 Å². The van der Waals surface area contributed by atoms with Gasteiger partial charge in [0.05, 0.1) is 12.6 Å². The largest absolute Gasteiger partial charge is 0.444 e. The van der Waals surface area contributed by atoms with Crippen LogP contribution in [-0.4, -0.2) is 52.0 Å². The maximum atomic E-state index is 12.3. The quantitative estimate of drug-likeness (QED) is 0.864. The third kappa shape index (κ3) is 4.55. The number of carbonyl (C=O) groups excluding carboxylic acids is 1. The molecule has 2 atom stereocenters. The second kappa shape index (κ2) is 7.81. The van der Waals surface area contributed by atoms with Gasteiger partial charge in [-0.25, -0.2) is 14.8 Å². The summed E-state index contributed by atoms with van der Waals surface area (Å²) >= 11 is 0. The highest BCUT2D eigenvalue weighted by atomic mass is 16.6. The van der Waals surface area contributed by atoms with E-state index in [1.165, 1.54) is 0 Å². The Morgan fingerprint density at radius 1 is 1.17 bits per heavy atom. The molecular weight excluding hydrogens is 366 g/mol. The number of amidine groups is 1. The van der Waals surface area contributed by atoms with E-state index >= 15 is 0 Å². The first-order valence-electron chi connectivity index (χ1n) is 10.1. The standard InChI is InChI=1S/C22H27N5O2/c1-22(2,3)29-21(28)27-10-9-16(14-27)20-25-13-18(26-20)17-11-23-19(24-12-17)15-7-5-4-6-8-15/h4-8,11-12,16,18H,9-10,13-14H2,1-3H3,(H,25,26). The number of aromatic nitrogens is 2. The average Bonchev–Trinajstić information content (AvgIpc) is 3.37. The first-order valence-corrected chi connectivity index (χ1v) is 10.1. The monoisotopic (exact) mass is 393 g/mol. The predicted molar refractivity (Wildman–Crippen MR) is 112 cm³/mol. The molecule has 2 aliphatic heterocycles. The summed E-state index contributed by atoms with van der Waals surface area (Å²) in [6.45, 7) is 7.65. The van der Waals surface area contributed by atoms with Crippen molar-refractivity contribution in [2.24, 2.45) is 10.9 Å². The number of ether oxygens (including phenoxy) is 1. The molecule has 1 saturated heterocycles. The number of likely N-dealkylation sites (tertiary alicyclic amines) is 1. The Morgan fingerprint density at radius 2 is 1.90 bits per heavy atom. The van der Waals surface area contributed by atoms with Gasteiger partial charge in [-0.2, -0.15) is 0 Å². The van der Waals surface area contributed by atoms with E-state index in [1.54, 1.807) is 4.90 Å². The minimum atomic E-state index is -0.477. The van der Waals surface area contributed by atoms with Crippen molar-refractivity contribution in [1.29, 1.82) is 0 Å². The Morgan fingerprint density at radius 3 is 2.59 bits per heavy atom. The summed E-state index contributed by atoms with van der Waals surface area (Å²) in [6, 6.07) is 10.0. The molecule has 4 rings (SSSR count). The lowest BCUT2D eigenvalue weighted by molar-refractivity contribution is 0.0292. The summed E-state index contributed by atoms with van der Waals surface area (Å²) < 4.78 is 5.48. The molecule has 152 valence electrons. The van der Waals surface area contributed by atoms with Crippen molar-refractivity contribution in [2.45, 2.75) is 38.8 Å². The van der Waals surface area contributed by atoms with Crippen LogP contribution in [0.2, 0.25) is 0 Å². The normalized spacial score (nSPS) is 21.6. The summed E-state index contributed by atoms with van der Waals surface area (Å²) in [4.78, 5) is 27.8. The highest BCUT2D eigenvalue weighted by Crippen LogP contribution is 2.25. The highest BCUT2D eigenvalue weighted by Gasteiger charge is 2.34. The number of rotatable bonds is 3. The summed E-state index contributed by atoms with van der Waals surface area (Å²) in [5.74, 6) is 1.91. The fraction of sp³-hybridized carbons (Fsp3) is 0.455. The molecule has 1 fully saturated rings. The van der Waals surface area contributed by atoms with Gasteiger partial charge in [-0.1, -0.05) is 30.3 Å². The Balaban J connectivity index is 1.34. The second-order valence-corrected chi connectivity index (χ2v) is 8.54. The third-order valence-corrected chi connectivity index (χ3v) is 5.10. The van der Waals surface area contributed by atoms with Gasteiger partial charge < -0.3 is 15.0 Å². The van der Waals surface area contributed by atoms with Crippen LogP contribution < -0.4 is 5.32 Å². The van der Waals surface area contributed by atoms with Gasteiger partial charge in [0.15, 0.2) is 5.82 Å². The summed E-state index contributed by atoms with van der Waals surface area (Å²) in [7, 11) is 0. The summed E-state index contributed by atoms with van der Waals surface area (Å²) in [5.41, 5.74) is 1.55. The fourth-order valence-corrected chi connectivity index (χ4v) is 3.63. The van der Waals surface area contributed by atoms with Crippen molar-refractivity contribution in [1.82, 2.24) is 20.2 Å². The van der Waals surface area contributed by atoms with E-state index in [-0.39, 0.29) is 18.1 Å². The average molecular weight is 393 g/mol. The molecule has 7 heteroatoms. The maximum absolute atomic E-state index is 12.3. The van der Waals surface area contributed by atoms with Gasteiger partial charge >= 0.3 is 6.09 Å². The number of hydrogen-bond acceptors (Lipinski definition) is 6. The number of nitrogens with one attached hydrogen (secondary N) is 1. The molecule has 2 aliphatic rings. The smallest absolute Gasteiger partial charge is 0.410 e. The van der Waals surface area contributed by atoms with Crippen LogP contribution in [0.4, 0.5) is 4.79 Å². The minimum absolute atomic E-state index is 0.0744. The van der Waals surface area contributed by atoms with Crippen LogP contribution >= 0.6 is 0 Å². The molecule has 1 N–H and O–H groups in total. The number of benzene rings is 1. The van der Waals surface area contributed by atoms with Gasteiger partial charge in [0, 0.05) is 42.5 Å². The van der Waals surface area contributed by atoms with Crippen molar-refractivity contribution in [2.75, 3.05) is 19.6 Å². The third-order valence-electron chi connectivity index (χ3n) is 5.10. The van der Waals surface area contributed by atoms with Crippen molar-refractivity contribution in [3.63, 3.8) is 0 Å². The highest BCUT2D eigenvalue weighted by molar-refractivity contribution is 5.87. The van der Waals surface area contributed by atoms with Crippen LogP contribution in [0.25, 0.3) is 11.4 Å². The van der Waals surface area contributed by atoms with Crippen molar-refractivity contribution < 1.29 is 9.53 Å². The zero-order chi connectivity index (χ0) is 20.4. The van der Waals surface area contributed by atoms with Crippen LogP contribution in [0.15, 0.2) is 47.7 Å². The van der Waals surface area contributed by atoms with E-state index in [4.69, 9.17) is 9.73 Å². The maximum Gasteiger partial charge on any atom is 0.410 e. The number of amides is 1. The Kier molecular flexibility index (Phi) is 5.22. The molecule has 2 unspecified atom stereocenters. The van der Waals surface area contributed by atoms with Crippen LogP contribution in [-0.2, 0) is 4.74 Å². The van der Waals surface area contributed by atoms with Gasteiger partial charge in [-0.3, -0.25) is 4.99 Å². The molecule has 0 spiro atoms. The molecule has 0 saturated carbocycles. The van der Waals surface area contributed by atoms with Gasteiger partial charge in [0.2, 0.25) is 0 Å². The van der Waals surface area contributed by atoms with Crippen LogP contribution in [0.3, 0.4) is 0 Å². The molecule has 0 radical (unpaired) electrons. The van der Waals surface area contributed by atoms with Gasteiger partial charge in [-0.05, 0) is 27.2 Å². The lowest BCUT2D eigenvalue weighted by Gasteiger charge is -2.24. The Labute approximate surface area is 171 Å². The van der Waals surface area contributed by atoms with E-state index in [9.17, 15) is 4.79 Å². The first kappa shape index (κ1) is 19.4. The molecule has 1 aromatic heterocycles. The van der Waals surface area contributed by atoms with Crippen LogP contribution in [0, 0.1) is 5.92 Å². The number of aliphatic imine (C=N–C) groups is 1. The molecule has 0 bridgehead atoms. The van der Waals surface area contributed by atoms with E-state index in [1.807, 2.05) is 63.5 Å². The number of carbonyl (C=O) groups is 1. The molecule has 29 heavy (non-hydrogen) atoms. The molecule has 0 aliphatic carbocycles. The van der Waals surface area contributed by atoms with Crippen molar-refractivity contribution in [3.8, 4) is 11.4 Å². The zero-order valence-electron chi connectivity index (χ0n) is 17.1.